The molecule has 4 heterocycles. The second-order valence-electron chi connectivity index (χ2n) is 10.9. The van der Waals surface area contributed by atoms with Crippen molar-refractivity contribution in [3.05, 3.63) is 71.9 Å². The molecule has 0 bridgehead atoms. The van der Waals surface area contributed by atoms with E-state index in [1.165, 1.54) is 25.3 Å². The first kappa shape index (κ1) is 25.9. The number of hydrogen-bond acceptors (Lipinski definition) is 7. The Labute approximate surface area is 232 Å². The third-order valence-corrected chi connectivity index (χ3v) is 7.99. The summed E-state index contributed by atoms with van der Waals surface area (Å²) in [5, 5.41) is 12.8. The second kappa shape index (κ2) is 10.3. The average molecular weight is 540 g/mol. The molecule has 1 saturated heterocycles. The number of aromatic nitrogens is 4. The van der Waals surface area contributed by atoms with Crippen LogP contribution in [0.25, 0.3) is 16.8 Å². The highest BCUT2D eigenvalue weighted by Gasteiger charge is 2.34. The molecule has 2 aliphatic rings. The molecule has 10 heteroatoms. The number of nitrogens with two attached hydrogens (primary N) is 1. The summed E-state index contributed by atoms with van der Waals surface area (Å²) in [5.41, 5.74) is 10.2. The Kier molecular flexibility index (Phi) is 6.71. The summed E-state index contributed by atoms with van der Waals surface area (Å²) in [4.78, 5) is 41.0. The fraction of sp³-hybridized carbons (Fsp3) is 0.367. The summed E-state index contributed by atoms with van der Waals surface area (Å²) in [6.45, 7) is 3.96. The molecule has 4 N–H and O–H groups in total. The van der Waals surface area contributed by atoms with Gasteiger partial charge in [0.1, 0.15) is 34.8 Å². The van der Waals surface area contributed by atoms with Gasteiger partial charge in [-0.3, -0.25) is 14.0 Å². The molecule has 6 rings (SSSR count). The fourth-order valence-electron chi connectivity index (χ4n) is 5.59. The Balaban J connectivity index is 1.28. The number of imidazole rings is 1. The number of piperidine rings is 1. The number of benzene rings is 1. The summed E-state index contributed by atoms with van der Waals surface area (Å²) in [6, 6.07) is 11.2. The van der Waals surface area contributed by atoms with Gasteiger partial charge in [0, 0.05) is 48.2 Å². The number of likely N-dealkylation sites (tertiary alicyclic amines) is 1. The van der Waals surface area contributed by atoms with E-state index >= 15 is 0 Å². The van der Waals surface area contributed by atoms with E-state index < -0.39 is 6.10 Å². The fourth-order valence-corrected chi connectivity index (χ4v) is 5.59. The number of rotatable bonds is 6. The van der Waals surface area contributed by atoms with Crippen LogP contribution in [0.1, 0.15) is 73.1 Å². The van der Waals surface area contributed by atoms with Crippen LogP contribution < -0.4 is 11.1 Å². The molecule has 40 heavy (non-hydrogen) atoms. The van der Waals surface area contributed by atoms with E-state index in [2.05, 4.69) is 15.3 Å². The quantitative estimate of drug-likeness (QED) is 0.337. The van der Waals surface area contributed by atoms with Crippen LogP contribution in [-0.2, 0) is 4.79 Å². The van der Waals surface area contributed by atoms with Gasteiger partial charge in [-0.15, -0.1) is 0 Å². The monoisotopic (exact) mass is 539 g/mol. The maximum Gasteiger partial charge on any atom is 0.256 e. The normalized spacial score (nSPS) is 19.9. The van der Waals surface area contributed by atoms with E-state index in [1.54, 1.807) is 29.4 Å². The largest absolute Gasteiger partial charge is 0.384 e. The molecule has 1 aliphatic heterocycles. The minimum Gasteiger partial charge on any atom is -0.384 e. The Bertz CT molecular complexity index is 1580. The molecule has 4 aromatic rings. The van der Waals surface area contributed by atoms with Crippen molar-refractivity contribution in [1.82, 2.24) is 24.3 Å². The van der Waals surface area contributed by atoms with Crippen LogP contribution in [0.3, 0.4) is 0 Å². The van der Waals surface area contributed by atoms with E-state index in [1.807, 2.05) is 41.8 Å². The van der Waals surface area contributed by atoms with Crippen molar-refractivity contribution in [2.24, 2.45) is 0 Å². The minimum absolute atomic E-state index is 0.0362. The van der Waals surface area contributed by atoms with Gasteiger partial charge >= 0.3 is 0 Å². The zero-order valence-corrected chi connectivity index (χ0v) is 22.6. The van der Waals surface area contributed by atoms with Gasteiger partial charge in [-0.25, -0.2) is 15.0 Å². The molecule has 1 unspecified atom stereocenters. The van der Waals surface area contributed by atoms with Gasteiger partial charge in [0.05, 0.1) is 0 Å². The summed E-state index contributed by atoms with van der Waals surface area (Å²) in [7, 11) is 0. The average Bonchev–Trinajstić information content (AvgIpc) is 3.74. The standard InChI is InChI=1S/C30H33N7O3/c1-17-3-4-23(16-37(17)30(40)18(2)38)28-35-25(26-27(31)33-13-14-36(26)28)20-7-9-21(10-8-20)29(39)34-24-15-22(11-12-32-24)19-5-6-19/h7-15,17-19,23,38H,3-6,16H2,1-2H3,(H2,31,33)(H,32,34,39)/t17-,18?,23+/m0/s1. The Morgan fingerprint density at radius 1 is 1.05 bits per heavy atom. The van der Waals surface area contributed by atoms with E-state index in [0.717, 1.165) is 24.2 Å². The van der Waals surface area contributed by atoms with Gasteiger partial charge in [-0.1, -0.05) is 12.1 Å². The van der Waals surface area contributed by atoms with E-state index in [4.69, 9.17) is 10.7 Å². The van der Waals surface area contributed by atoms with Crippen molar-refractivity contribution in [2.45, 2.75) is 63.5 Å². The van der Waals surface area contributed by atoms with Crippen LogP contribution in [0.5, 0.6) is 0 Å². The van der Waals surface area contributed by atoms with Gasteiger partial charge < -0.3 is 21.1 Å². The molecule has 0 radical (unpaired) electrons. The minimum atomic E-state index is -1.05. The molecule has 2 fully saturated rings. The van der Waals surface area contributed by atoms with Crippen LogP contribution in [0.4, 0.5) is 11.6 Å². The van der Waals surface area contributed by atoms with Gasteiger partial charge in [0.25, 0.3) is 11.8 Å². The third kappa shape index (κ3) is 4.90. The van der Waals surface area contributed by atoms with Crippen LogP contribution in [0, 0.1) is 0 Å². The van der Waals surface area contributed by atoms with E-state index in [0.29, 0.717) is 40.9 Å². The zero-order valence-electron chi connectivity index (χ0n) is 22.6. The number of nitrogens with one attached hydrogen (secondary N) is 1. The van der Waals surface area contributed by atoms with Gasteiger partial charge in [0.2, 0.25) is 0 Å². The molecule has 3 aromatic heterocycles. The molecular weight excluding hydrogens is 506 g/mol. The zero-order chi connectivity index (χ0) is 28.0. The summed E-state index contributed by atoms with van der Waals surface area (Å²) >= 11 is 0. The number of aliphatic hydroxyl groups is 1. The molecule has 1 saturated carbocycles. The highest BCUT2D eigenvalue weighted by molar-refractivity contribution is 6.04. The lowest BCUT2D eigenvalue weighted by Gasteiger charge is -2.38. The Hall–Kier alpha value is -4.31. The number of pyridine rings is 1. The first-order chi connectivity index (χ1) is 19.3. The molecular formula is C30H33N7O3. The van der Waals surface area contributed by atoms with E-state index in [9.17, 15) is 14.7 Å². The van der Waals surface area contributed by atoms with Crippen molar-refractivity contribution in [3.63, 3.8) is 0 Å². The number of carbonyl (C=O) groups is 2. The number of hydrogen-bond donors (Lipinski definition) is 3. The van der Waals surface area contributed by atoms with Gasteiger partial charge in [-0.2, -0.15) is 0 Å². The molecule has 1 aliphatic carbocycles. The number of aliphatic hydroxyl groups excluding tert-OH is 1. The van der Waals surface area contributed by atoms with Gasteiger partial charge in [0.15, 0.2) is 0 Å². The van der Waals surface area contributed by atoms with Crippen LogP contribution in [0.2, 0.25) is 0 Å². The van der Waals surface area contributed by atoms with Crippen molar-refractivity contribution < 1.29 is 14.7 Å². The van der Waals surface area contributed by atoms with Crippen LogP contribution in [-0.4, -0.2) is 59.9 Å². The second-order valence-corrected chi connectivity index (χ2v) is 10.9. The van der Waals surface area contributed by atoms with E-state index in [-0.39, 0.29) is 23.8 Å². The maximum atomic E-state index is 12.9. The third-order valence-electron chi connectivity index (χ3n) is 7.99. The Morgan fingerprint density at radius 3 is 2.52 bits per heavy atom. The predicted octanol–water partition coefficient (Wildman–Crippen LogP) is 3.98. The number of nitrogen functional groups attached to an aromatic ring is 1. The highest BCUT2D eigenvalue weighted by atomic mass is 16.3. The van der Waals surface area contributed by atoms with Gasteiger partial charge in [-0.05, 0) is 75.3 Å². The molecule has 3 atom stereocenters. The number of carbonyl (C=O) groups excluding carboxylic acids is 2. The summed E-state index contributed by atoms with van der Waals surface area (Å²) in [5.74, 6) is 1.72. The lowest BCUT2D eigenvalue weighted by Crippen LogP contribution is -2.48. The molecule has 1 aromatic carbocycles. The highest BCUT2D eigenvalue weighted by Crippen LogP contribution is 2.40. The summed E-state index contributed by atoms with van der Waals surface area (Å²) < 4.78 is 1.95. The van der Waals surface area contributed by atoms with Crippen molar-refractivity contribution in [3.8, 4) is 11.3 Å². The topological polar surface area (TPSA) is 139 Å². The number of anilines is 2. The smallest absolute Gasteiger partial charge is 0.256 e. The molecule has 206 valence electrons. The molecule has 2 amide bonds. The van der Waals surface area contributed by atoms with Crippen LogP contribution in [0.15, 0.2) is 55.0 Å². The predicted molar refractivity (Wildman–Crippen MR) is 152 cm³/mol. The van der Waals surface area contributed by atoms with Crippen molar-refractivity contribution >= 4 is 29.0 Å². The van der Waals surface area contributed by atoms with Crippen molar-refractivity contribution in [1.29, 1.82) is 0 Å². The number of fused-ring (bicyclic) bond motifs is 1. The number of amides is 2. The number of nitrogens with zero attached hydrogens (tertiary/aromatic N) is 5. The SMILES string of the molecule is CC(O)C(=O)N1C[C@H](c2nc(-c3ccc(C(=O)Nc4cc(C5CC5)ccn4)cc3)c3c(N)nccn23)CC[C@@H]1C. The lowest BCUT2D eigenvalue weighted by atomic mass is 9.92. The summed E-state index contributed by atoms with van der Waals surface area (Å²) in [6.07, 6.45) is 8.17. The Morgan fingerprint density at radius 2 is 1.80 bits per heavy atom. The first-order valence-corrected chi connectivity index (χ1v) is 13.8. The molecule has 0 spiro atoms. The van der Waals surface area contributed by atoms with Crippen LogP contribution >= 0.6 is 0 Å². The van der Waals surface area contributed by atoms with Crippen molar-refractivity contribution in [2.75, 3.05) is 17.6 Å². The molecule has 10 nitrogen and oxygen atoms in total. The maximum absolute atomic E-state index is 12.9. The lowest BCUT2D eigenvalue weighted by molar-refractivity contribution is -0.143. The first-order valence-electron chi connectivity index (χ1n) is 13.8.